The summed E-state index contributed by atoms with van der Waals surface area (Å²) in [6.45, 7) is 3.08. The third-order valence-electron chi connectivity index (χ3n) is 4.28. The van der Waals surface area contributed by atoms with Crippen molar-refractivity contribution in [3.05, 3.63) is 53.1 Å². The van der Waals surface area contributed by atoms with Crippen molar-refractivity contribution in [2.24, 2.45) is 0 Å². The Kier molecular flexibility index (Phi) is 4.61. The number of amides is 2. The van der Waals surface area contributed by atoms with Crippen LogP contribution in [0.3, 0.4) is 0 Å². The number of ether oxygens (including phenoxy) is 2. The molecule has 1 aliphatic rings. The zero-order valence-electron chi connectivity index (χ0n) is 14.5. The second-order valence-corrected chi connectivity index (χ2v) is 5.68. The predicted octanol–water partition coefficient (Wildman–Crippen LogP) is 2.93. The Bertz CT molecular complexity index is 832. The van der Waals surface area contributed by atoms with Crippen LogP contribution in [0.15, 0.2) is 36.4 Å². The quantitative estimate of drug-likeness (QED) is 0.909. The lowest BCUT2D eigenvalue weighted by molar-refractivity contribution is 0.0783. The Balaban J connectivity index is 1.89. The summed E-state index contributed by atoms with van der Waals surface area (Å²) in [6.07, 6.45) is 0. The lowest BCUT2D eigenvalue weighted by Gasteiger charge is -2.13. The Morgan fingerprint density at radius 3 is 2.60 bits per heavy atom. The molecule has 0 spiro atoms. The minimum atomic E-state index is -0.324. The SMILES string of the molecule is CCN1Cc2cccc(C(=O)Nc3ccc(OC)c(OC)c3)c2C1=O. The molecule has 25 heavy (non-hydrogen) atoms. The Morgan fingerprint density at radius 2 is 1.92 bits per heavy atom. The highest BCUT2D eigenvalue weighted by atomic mass is 16.5. The van der Waals surface area contributed by atoms with Crippen LogP contribution in [0.5, 0.6) is 11.5 Å². The van der Waals surface area contributed by atoms with Crippen molar-refractivity contribution in [2.75, 3.05) is 26.1 Å². The molecular formula is C19H20N2O4. The van der Waals surface area contributed by atoms with Crippen LogP contribution in [0.25, 0.3) is 0 Å². The standard InChI is InChI=1S/C19H20N2O4/c1-4-21-11-12-6-5-7-14(17(12)19(21)23)18(22)20-13-8-9-15(24-2)16(10-13)25-3/h5-10H,4,11H2,1-3H3,(H,20,22). The molecule has 1 aliphatic heterocycles. The molecule has 2 amide bonds. The van der Waals surface area contributed by atoms with Gasteiger partial charge in [-0.05, 0) is 30.7 Å². The van der Waals surface area contributed by atoms with Crippen molar-refractivity contribution in [1.82, 2.24) is 4.90 Å². The van der Waals surface area contributed by atoms with Crippen LogP contribution in [0.2, 0.25) is 0 Å². The van der Waals surface area contributed by atoms with Crippen LogP contribution >= 0.6 is 0 Å². The minimum absolute atomic E-state index is 0.101. The van der Waals surface area contributed by atoms with Gasteiger partial charge >= 0.3 is 0 Å². The molecule has 6 nitrogen and oxygen atoms in total. The first kappa shape index (κ1) is 16.8. The number of nitrogens with one attached hydrogen (secondary N) is 1. The Morgan fingerprint density at radius 1 is 1.16 bits per heavy atom. The van der Waals surface area contributed by atoms with E-state index < -0.39 is 0 Å². The zero-order valence-corrected chi connectivity index (χ0v) is 14.5. The molecule has 0 fully saturated rings. The van der Waals surface area contributed by atoms with Crippen molar-refractivity contribution in [3.63, 3.8) is 0 Å². The maximum absolute atomic E-state index is 12.7. The molecule has 6 heteroatoms. The normalized spacial score (nSPS) is 12.8. The van der Waals surface area contributed by atoms with Crippen molar-refractivity contribution >= 4 is 17.5 Å². The molecule has 0 bridgehead atoms. The van der Waals surface area contributed by atoms with Gasteiger partial charge in [0.2, 0.25) is 0 Å². The highest BCUT2D eigenvalue weighted by Crippen LogP contribution is 2.31. The monoisotopic (exact) mass is 340 g/mol. The predicted molar refractivity (Wildman–Crippen MR) is 94.4 cm³/mol. The molecule has 1 N–H and O–H groups in total. The molecule has 0 saturated carbocycles. The Hall–Kier alpha value is -3.02. The first-order valence-electron chi connectivity index (χ1n) is 8.03. The van der Waals surface area contributed by atoms with Gasteiger partial charge in [-0.2, -0.15) is 0 Å². The van der Waals surface area contributed by atoms with Crippen LogP contribution in [0.1, 0.15) is 33.2 Å². The molecule has 2 aromatic carbocycles. The summed E-state index contributed by atoms with van der Waals surface area (Å²) in [5.74, 6) is 0.674. The molecule has 0 unspecified atom stereocenters. The molecule has 3 rings (SSSR count). The molecule has 1 heterocycles. The van der Waals surface area contributed by atoms with Crippen LogP contribution in [-0.4, -0.2) is 37.5 Å². The first-order valence-corrected chi connectivity index (χ1v) is 8.03. The van der Waals surface area contributed by atoms with Gasteiger partial charge in [0.15, 0.2) is 11.5 Å². The number of methoxy groups -OCH3 is 2. The number of fused-ring (bicyclic) bond motifs is 1. The van der Waals surface area contributed by atoms with Crippen LogP contribution < -0.4 is 14.8 Å². The smallest absolute Gasteiger partial charge is 0.256 e. The summed E-state index contributed by atoms with van der Waals surface area (Å²) in [5.41, 5.74) is 2.32. The second-order valence-electron chi connectivity index (χ2n) is 5.68. The van der Waals surface area contributed by atoms with E-state index in [0.717, 1.165) is 5.56 Å². The van der Waals surface area contributed by atoms with E-state index >= 15 is 0 Å². The average molecular weight is 340 g/mol. The number of nitrogens with zero attached hydrogens (tertiary/aromatic N) is 1. The van der Waals surface area contributed by atoms with E-state index in [0.29, 0.717) is 41.4 Å². The summed E-state index contributed by atoms with van der Waals surface area (Å²) in [4.78, 5) is 26.9. The number of carbonyl (C=O) groups excluding carboxylic acids is 2. The van der Waals surface area contributed by atoms with E-state index in [4.69, 9.17) is 9.47 Å². The van der Waals surface area contributed by atoms with E-state index in [1.54, 1.807) is 42.3 Å². The Labute approximate surface area is 146 Å². The lowest BCUT2D eigenvalue weighted by atomic mass is 10.0. The largest absolute Gasteiger partial charge is 0.493 e. The van der Waals surface area contributed by atoms with Crippen molar-refractivity contribution in [2.45, 2.75) is 13.5 Å². The third-order valence-corrected chi connectivity index (χ3v) is 4.28. The summed E-state index contributed by atoms with van der Waals surface area (Å²) < 4.78 is 10.4. The summed E-state index contributed by atoms with van der Waals surface area (Å²) in [7, 11) is 3.08. The van der Waals surface area contributed by atoms with Gasteiger partial charge in [0.1, 0.15) is 0 Å². The van der Waals surface area contributed by atoms with Gasteiger partial charge in [-0.3, -0.25) is 9.59 Å². The highest BCUT2D eigenvalue weighted by molar-refractivity contribution is 6.13. The van der Waals surface area contributed by atoms with Crippen molar-refractivity contribution in [3.8, 4) is 11.5 Å². The number of rotatable bonds is 5. The number of anilines is 1. The molecule has 0 atom stereocenters. The summed E-state index contributed by atoms with van der Waals surface area (Å²) in [6, 6.07) is 10.5. The average Bonchev–Trinajstić information content (AvgIpc) is 2.97. The van der Waals surface area contributed by atoms with Gasteiger partial charge < -0.3 is 19.7 Å². The fourth-order valence-electron chi connectivity index (χ4n) is 2.98. The van der Waals surface area contributed by atoms with Gasteiger partial charge in [0.25, 0.3) is 11.8 Å². The third kappa shape index (κ3) is 3.03. The topological polar surface area (TPSA) is 67.9 Å². The number of hydrogen-bond donors (Lipinski definition) is 1. The van der Waals surface area contributed by atoms with Gasteiger partial charge in [-0.25, -0.2) is 0 Å². The maximum Gasteiger partial charge on any atom is 0.256 e. The van der Waals surface area contributed by atoms with E-state index in [-0.39, 0.29) is 11.8 Å². The summed E-state index contributed by atoms with van der Waals surface area (Å²) >= 11 is 0. The fraction of sp³-hybridized carbons (Fsp3) is 0.263. The van der Waals surface area contributed by atoms with Crippen molar-refractivity contribution in [1.29, 1.82) is 0 Å². The van der Waals surface area contributed by atoms with E-state index in [9.17, 15) is 9.59 Å². The molecule has 0 saturated heterocycles. The molecule has 0 aromatic heterocycles. The van der Waals surface area contributed by atoms with Crippen LogP contribution in [0, 0.1) is 0 Å². The zero-order chi connectivity index (χ0) is 18.0. The van der Waals surface area contributed by atoms with Gasteiger partial charge in [-0.15, -0.1) is 0 Å². The highest BCUT2D eigenvalue weighted by Gasteiger charge is 2.30. The first-order chi connectivity index (χ1) is 12.1. The van der Waals surface area contributed by atoms with E-state index in [1.165, 1.54) is 7.11 Å². The maximum atomic E-state index is 12.7. The van der Waals surface area contributed by atoms with E-state index in [1.807, 2.05) is 13.0 Å². The van der Waals surface area contributed by atoms with Crippen LogP contribution in [-0.2, 0) is 6.54 Å². The van der Waals surface area contributed by atoms with Crippen molar-refractivity contribution < 1.29 is 19.1 Å². The minimum Gasteiger partial charge on any atom is -0.493 e. The van der Waals surface area contributed by atoms with Gasteiger partial charge in [-0.1, -0.05) is 12.1 Å². The van der Waals surface area contributed by atoms with Gasteiger partial charge in [0, 0.05) is 24.8 Å². The molecular weight excluding hydrogens is 320 g/mol. The van der Waals surface area contributed by atoms with Gasteiger partial charge in [0.05, 0.1) is 25.3 Å². The molecule has 130 valence electrons. The molecule has 0 aliphatic carbocycles. The number of hydrogen-bond acceptors (Lipinski definition) is 4. The summed E-state index contributed by atoms with van der Waals surface area (Å²) in [5, 5.41) is 2.82. The fourth-order valence-corrected chi connectivity index (χ4v) is 2.98. The second kappa shape index (κ2) is 6.84. The lowest BCUT2D eigenvalue weighted by Crippen LogP contribution is -2.24. The van der Waals surface area contributed by atoms with Crippen LogP contribution in [0.4, 0.5) is 5.69 Å². The number of carbonyl (C=O) groups is 2. The number of benzene rings is 2. The molecule has 0 radical (unpaired) electrons. The molecule has 2 aromatic rings. The van der Waals surface area contributed by atoms with E-state index in [2.05, 4.69) is 5.32 Å².